The Bertz CT molecular complexity index is 474. The molecule has 1 aromatic rings. The number of carbonyl (C=O) groups is 1. The highest BCUT2D eigenvalue weighted by atomic mass is 32.2. The number of amides is 1. The summed E-state index contributed by atoms with van der Waals surface area (Å²) in [6.45, 7) is 5.22. The van der Waals surface area contributed by atoms with E-state index in [1.807, 2.05) is 20.1 Å². The molecule has 0 radical (unpaired) electrons. The highest BCUT2D eigenvalue weighted by Gasteiger charge is 2.21. The number of anilines is 1. The molecule has 0 heterocycles. The van der Waals surface area contributed by atoms with Crippen LogP contribution in [0.25, 0.3) is 0 Å². The van der Waals surface area contributed by atoms with E-state index in [2.05, 4.69) is 0 Å². The largest absolute Gasteiger partial charge is 0.309 e. The monoisotopic (exact) mass is 268 g/mol. The van der Waals surface area contributed by atoms with Gasteiger partial charge >= 0.3 is 0 Å². The van der Waals surface area contributed by atoms with Crippen LogP contribution in [0.15, 0.2) is 23.1 Å². The Balaban J connectivity index is 3.38. The molecule has 0 N–H and O–H groups in total. The van der Waals surface area contributed by atoms with E-state index >= 15 is 0 Å². The van der Waals surface area contributed by atoms with Crippen LogP contribution in [-0.2, 0) is 4.79 Å². The van der Waals surface area contributed by atoms with Crippen molar-refractivity contribution in [2.24, 2.45) is 0 Å². The highest BCUT2D eigenvalue weighted by molar-refractivity contribution is 7.98. The van der Waals surface area contributed by atoms with E-state index in [0.29, 0.717) is 5.69 Å². The van der Waals surface area contributed by atoms with Gasteiger partial charge in [0.25, 0.3) is 5.69 Å². The van der Waals surface area contributed by atoms with Gasteiger partial charge in [-0.25, -0.2) is 0 Å². The van der Waals surface area contributed by atoms with Gasteiger partial charge in [-0.1, -0.05) is 0 Å². The van der Waals surface area contributed by atoms with E-state index in [4.69, 9.17) is 0 Å². The molecule has 5 nitrogen and oxygen atoms in total. The predicted molar refractivity (Wildman–Crippen MR) is 73.2 cm³/mol. The van der Waals surface area contributed by atoms with Gasteiger partial charge in [-0.05, 0) is 26.2 Å². The molecule has 0 bridgehead atoms. The third kappa shape index (κ3) is 3.01. The van der Waals surface area contributed by atoms with Gasteiger partial charge in [0, 0.05) is 30.0 Å². The fourth-order valence-corrected chi connectivity index (χ4v) is 2.36. The van der Waals surface area contributed by atoms with Gasteiger partial charge in [-0.3, -0.25) is 14.9 Å². The first-order chi connectivity index (χ1) is 8.38. The lowest BCUT2D eigenvalue weighted by Gasteiger charge is -2.27. The molecule has 6 heteroatoms. The molecule has 0 saturated heterocycles. The van der Waals surface area contributed by atoms with Crippen molar-refractivity contribution >= 4 is 29.0 Å². The molecule has 0 aliphatic heterocycles. The second kappa shape index (κ2) is 5.86. The molecule has 0 fully saturated rings. The molecular formula is C12H16N2O3S. The van der Waals surface area contributed by atoms with Gasteiger partial charge in [0.05, 0.1) is 10.6 Å². The normalized spacial score (nSPS) is 10.5. The van der Waals surface area contributed by atoms with Crippen LogP contribution in [0.4, 0.5) is 11.4 Å². The van der Waals surface area contributed by atoms with Crippen molar-refractivity contribution in [3.8, 4) is 0 Å². The molecule has 1 aromatic carbocycles. The zero-order valence-corrected chi connectivity index (χ0v) is 11.7. The molecule has 1 rings (SSSR count). The fraction of sp³-hybridized carbons (Fsp3) is 0.417. The van der Waals surface area contributed by atoms with E-state index in [1.54, 1.807) is 11.0 Å². The maximum Gasteiger partial charge on any atom is 0.271 e. The first-order valence-electron chi connectivity index (χ1n) is 5.50. The van der Waals surface area contributed by atoms with E-state index < -0.39 is 4.92 Å². The molecule has 0 atom stereocenters. The number of nitro benzene ring substituents is 1. The highest BCUT2D eigenvalue weighted by Crippen LogP contribution is 2.33. The summed E-state index contributed by atoms with van der Waals surface area (Å²) in [6, 6.07) is 4.54. The van der Waals surface area contributed by atoms with Crippen LogP contribution in [0.3, 0.4) is 0 Å². The summed E-state index contributed by atoms with van der Waals surface area (Å²) in [6.07, 6.45) is 1.88. The molecule has 0 aliphatic carbocycles. The molecule has 0 unspecified atom stereocenters. The molecule has 0 saturated carbocycles. The first kappa shape index (κ1) is 14.5. The standard InChI is InChI=1S/C12H16N2O3S/c1-8(2)13(9(3)15)11-7-10(14(16)17)5-6-12(11)18-4/h5-8H,1-4H3. The van der Waals surface area contributed by atoms with E-state index in [-0.39, 0.29) is 17.6 Å². The lowest BCUT2D eigenvalue weighted by molar-refractivity contribution is -0.384. The van der Waals surface area contributed by atoms with Gasteiger partial charge in [0.1, 0.15) is 0 Å². The van der Waals surface area contributed by atoms with Crippen molar-refractivity contribution in [1.82, 2.24) is 0 Å². The maximum absolute atomic E-state index is 11.7. The van der Waals surface area contributed by atoms with Crippen LogP contribution in [0.1, 0.15) is 20.8 Å². The SMILES string of the molecule is CSc1ccc([N+](=O)[O-])cc1N(C(C)=O)C(C)C. The van der Waals surface area contributed by atoms with Gasteiger partial charge in [0.2, 0.25) is 5.91 Å². The Morgan fingerprint density at radius 3 is 2.44 bits per heavy atom. The van der Waals surface area contributed by atoms with Crippen LogP contribution in [0.5, 0.6) is 0 Å². The average Bonchev–Trinajstić information content (AvgIpc) is 2.27. The second-order valence-electron chi connectivity index (χ2n) is 4.10. The molecule has 0 spiro atoms. The van der Waals surface area contributed by atoms with Crippen molar-refractivity contribution < 1.29 is 9.72 Å². The second-order valence-corrected chi connectivity index (χ2v) is 4.94. The van der Waals surface area contributed by atoms with Crippen LogP contribution in [0.2, 0.25) is 0 Å². The Kier molecular flexibility index (Phi) is 4.72. The first-order valence-corrected chi connectivity index (χ1v) is 6.73. The Morgan fingerprint density at radius 1 is 1.44 bits per heavy atom. The molecule has 98 valence electrons. The summed E-state index contributed by atoms with van der Waals surface area (Å²) < 4.78 is 0. The molecule has 0 aromatic heterocycles. The fourth-order valence-electron chi connectivity index (χ4n) is 1.79. The van der Waals surface area contributed by atoms with E-state index in [0.717, 1.165) is 4.90 Å². The minimum atomic E-state index is -0.452. The Morgan fingerprint density at radius 2 is 2.06 bits per heavy atom. The minimum Gasteiger partial charge on any atom is -0.309 e. The van der Waals surface area contributed by atoms with Crippen molar-refractivity contribution in [3.05, 3.63) is 28.3 Å². The average molecular weight is 268 g/mol. The van der Waals surface area contributed by atoms with Crippen LogP contribution in [0, 0.1) is 10.1 Å². The number of non-ortho nitro benzene ring substituents is 1. The zero-order chi connectivity index (χ0) is 13.9. The van der Waals surface area contributed by atoms with E-state index in [9.17, 15) is 14.9 Å². The Labute approximate surface area is 110 Å². The van der Waals surface area contributed by atoms with Crippen molar-refractivity contribution in [2.75, 3.05) is 11.2 Å². The quantitative estimate of drug-likeness (QED) is 0.478. The van der Waals surface area contributed by atoms with Crippen LogP contribution in [-0.4, -0.2) is 23.1 Å². The number of nitro groups is 1. The molecule has 18 heavy (non-hydrogen) atoms. The number of nitrogens with zero attached hydrogens (tertiary/aromatic N) is 2. The maximum atomic E-state index is 11.7. The van der Waals surface area contributed by atoms with Gasteiger partial charge in [-0.2, -0.15) is 0 Å². The number of carbonyl (C=O) groups excluding carboxylic acids is 1. The summed E-state index contributed by atoms with van der Waals surface area (Å²) in [4.78, 5) is 24.5. The minimum absolute atomic E-state index is 0.00491. The zero-order valence-electron chi connectivity index (χ0n) is 10.8. The van der Waals surface area contributed by atoms with Gasteiger partial charge in [0.15, 0.2) is 0 Å². The number of hydrogen-bond donors (Lipinski definition) is 0. The number of thioether (sulfide) groups is 1. The summed E-state index contributed by atoms with van der Waals surface area (Å²) in [7, 11) is 0. The number of benzene rings is 1. The topological polar surface area (TPSA) is 63.5 Å². The lowest BCUT2D eigenvalue weighted by Crippen LogP contribution is -2.35. The summed E-state index contributed by atoms with van der Waals surface area (Å²) in [5.41, 5.74) is 0.592. The van der Waals surface area contributed by atoms with Crippen molar-refractivity contribution in [2.45, 2.75) is 31.7 Å². The van der Waals surface area contributed by atoms with Gasteiger partial charge in [-0.15, -0.1) is 11.8 Å². The summed E-state index contributed by atoms with van der Waals surface area (Å²) in [5, 5.41) is 10.8. The smallest absolute Gasteiger partial charge is 0.271 e. The van der Waals surface area contributed by atoms with Crippen LogP contribution < -0.4 is 4.90 Å². The van der Waals surface area contributed by atoms with Crippen LogP contribution >= 0.6 is 11.8 Å². The summed E-state index contributed by atoms with van der Waals surface area (Å²) in [5.74, 6) is -0.124. The third-order valence-corrected chi connectivity index (χ3v) is 3.27. The molecular weight excluding hydrogens is 252 g/mol. The lowest BCUT2D eigenvalue weighted by atomic mass is 10.2. The summed E-state index contributed by atoms with van der Waals surface area (Å²) >= 11 is 1.46. The van der Waals surface area contributed by atoms with Crippen molar-refractivity contribution in [3.63, 3.8) is 0 Å². The number of hydrogen-bond acceptors (Lipinski definition) is 4. The molecule has 1 amide bonds. The Hall–Kier alpha value is -1.56. The third-order valence-electron chi connectivity index (χ3n) is 2.49. The molecule has 0 aliphatic rings. The number of rotatable bonds is 4. The predicted octanol–water partition coefficient (Wildman–Crippen LogP) is 3.08. The van der Waals surface area contributed by atoms with Gasteiger partial charge < -0.3 is 4.90 Å². The van der Waals surface area contributed by atoms with E-state index in [1.165, 1.54) is 30.8 Å². The van der Waals surface area contributed by atoms with Crippen molar-refractivity contribution in [1.29, 1.82) is 0 Å².